The highest BCUT2D eigenvalue weighted by Crippen LogP contribution is 2.36. The molecule has 8 nitrogen and oxygen atoms in total. The first kappa shape index (κ1) is 23.8. The number of hydrogen-bond acceptors (Lipinski definition) is 7. The number of aromatic hydroxyl groups is 1. The molecule has 0 saturated carbocycles. The number of aromatic nitrogens is 4. The van der Waals surface area contributed by atoms with Gasteiger partial charge >= 0.3 is 5.69 Å². The molecule has 0 unspecified atom stereocenters. The van der Waals surface area contributed by atoms with E-state index in [2.05, 4.69) is 20.3 Å². The van der Waals surface area contributed by atoms with E-state index in [1.54, 1.807) is 12.3 Å². The Morgan fingerprint density at radius 3 is 2.72 bits per heavy atom. The Balaban J connectivity index is 1.91. The minimum Gasteiger partial charge on any atom is -0.507 e. The number of nitrogens with one attached hydrogen (secondary N) is 1. The topological polar surface area (TPSA) is 96.2 Å². The van der Waals surface area contributed by atoms with E-state index >= 15 is 4.39 Å². The minimum atomic E-state index is -0.836. The van der Waals surface area contributed by atoms with E-state index in [0.717, 1.165) is 11.6 Å². The lowest BCUT2D eigenvalue weighted by molar-refractivity contribution is 0.470. The van der Waals surface area contributed by atoms with Crippen LogP contribution in [0.1, 0.15) is 25.1 Å². The fourth-order valence-electron chi connectivity index (χ4n) is 4.78. The zero-order chi connectivity index (χ0) is 25.6. The third-order valence-corrected chi connectivity index (χ3v) is 6.56. The lowest BCUT2D eigenvalue weighted by atomic mass is 10.1. The van der Waals surface area contributed by atoms with Crippen LogP contribution in [0.25, 0.3) is 28.0 Å². The van der Waals surface area contributed by atoms with E-state index in [4.69, 9.17) is 0 Å². The van der Waals surface area contributed by atoms with E-state index in [9.17, 15) is 14.3 Å². The van der Waals surface area contributed by atoms with E-state index in [1.807, 2.05) is 25.7 Å². The minimum absolute atomic E-state index is 0.00520. The molecule has 0 radical (unpaired) electrons. The molecule has 1 aromatic carbocycles. The van der Waals surface area contributed by atoms with Crippen LogP contribution in [0.15, 0.2) is 41.3 Å². The van der Waals surface area contributed by atoms with Crippen molar-refractivity contribution >= 4 is 16.9 Å². The summed E-state index contributed by atoms with van der Waals surface area (Å²) in [6.45, 7) is 7.66. The molecule has 36 heavy (non-hydrogen) atoms. The molecule has 186 valence electrons. The fraction of sp³-hybridized carbons (Fsp3) is 0.308. The second kappa shape index (κ2) is 9.27. The normalized spacial score (nSPS) is 16.0. The van der Waals surface area contributed by atoms with Crippen molar-refractivity contribution in [1.82, 2.24) is 24.8 Å². The predicted molar refractivity (Wildman–Crippen MR) is 134 cm³/mol. The Morgan fingerprint density at radius 1 is 1.19 bits per heavy atom. The number of halogens is 2. The summed E-state index contributed by atoms with van der Waals surface area (Å²) in [5, 5.41) is 14.0. The van der Waals surface area contributed by atoms with Crippen molar-refractivity contribution in [2.24, 2.45) is 0 Å². The van der Waals surface area contributed by atoms with Gasteiger partial charge in [0.2, 0.25) is 0 Å². The first-order valence-corrected chi connectivity index (χ1v) is 11.8. The van der Waals surface area contributed by atoms with Crippen LogP contribution in [-0.4, -0.2) is 50.3 Å². The van der Waals surface area contributed by atoms with Crippen molar-refractivity contribution in [3.05, 3.63) is 69.9 Å². The highest BCUT2D eigenvalue weighted by molar-refractivity contribution is 5.91. The molecule has 5 rings (SSSR count). The molecular weight excluding hydrogens is 466 g/mol. The van der Waals surface area contributed by atoms with Crippen LogP contribution in [0.4, 0.5) is 14.6 Å². The van der Waals surface area contributed by atoms with Gasteiger partial charge in [0.25, 0.3) is 0 Å². The highest BCUT2D eigenvalue weighted by Gasteiger charge is 2.27. The number of pyridine rings is 2. The molecule has 4 aromatic rings. The van der Waals surface area contributed by atoms with Crippen molar-refractivity contribution in [3.8, 4) is 22.7 Å². The maximum Gasteiger partial charge on any atom is 0.355 e. The van der Waals surface area contributed by atoms with Gasteiger partial charge in [-0.3, -0.25) is 4.98 Å². The number of piperazine rings is 1. The predicted octanol–water partition coefficient (Wildman–Crippen LogP) is 3.50. The summed E-state index contributed by atoms with van der Waals surface area (Å²) >= 11 is 0. The maximum atomic E-state index is 15.6. The number of fused-ring (bicyclic) bond motifs is 1. The number of nitrogens with zero attached hydrogens (tertiary/aromatic N) is 5. The molecule has 1 atom stereocenters. The van der Waals surface area contributed by atoms with Crippen molar-refractivity contribution in [2.45, 2.75) is 33.2 Å². The van der Waals surface area contributed by atoms with Crippen molar-refractivity contribution in [1.29, 1.82) is 0 Å². The first-order valence-electron chi connectivity index (χ1n) is 11.8. The monoisotopic (exact) mass is 492 g/mol. The van der Waals surface area contributed by atoms with Crippen molar-refractivity contribution < 1.29 is 13.9 Å². The number of benzene rings is 1. The van der Waals surface area contributed by atoms with Gasteiger partial charge in [0, 0.05) is 31.9 Å². The summed E-state index contributed by atoms with van der Waals surface area (Å²) in [5.74, 6) is -1.80. The third kappa shape index (κ3) is 3.87. The second-order valence-corrected chi connectivity index (χ2v) is 8.90. The zero-order valence-electron chi connectivity index (χ0n) is 20.2. The summed E-state index contributed by atoms with van der Waals surface area (Å²) in [4.78, 5) is 28.9. The van der Waals surface area contributed by atoms with Gasteiger partial charge in [-0.25, -0.2) is 23.1 Å². The van der Waals surface area contributed by atoms with Gasteiger partial charge in [0.1, 0.15) is 23.1 Å². The van der Waals surface area contributed by atoms with Gasteiger partial charge in [-0.1, -0.05) is 13.0 Å². The SMILES string of the molecule is CCc1nccc(C)c1-n1c(=O)nc(N2CCNC[C@@H]2C)c2cc(F)c(-c3c(O)cccc3F)nc21. The zero-order valence-corrected chi connectivity index (χ0v) is 20.2. The largest absolute Gasteiger partial charge is 0.507 e. The van der Waals surface area contributed by atoms with Crippen LogP contribution in [0.5, 0.6) is 5.75 Å². The smallest absolute Gasteiger partial charge is 0.355 e. The Kier molecular flexibility index (Phi) is 6.13. The summed E-state index contributed by atoms with van der Waals surface area (Å²) in [5.41, 5.74) is 0.657. The standard InChI is InChI=1S/C26H26F2N6O2/c1-4-19-23(14(2)8-9-30-19)34-25-16(24(32-26(34)36)33-11-10-29-13-15(33)3)12-18(28)22(31-25)21-17(27)6-5-7-20(21)35/h5-9,12,15,29,35H,4,10-11,13H2,1-3H3/t15-/m0/s1. The molecule has 0 aliphatic carbocycles. The average molecular weight is 493 g/mol. The van der Waals surface area contributed by atoms with E-state index in [0.29, 0.717) is 48.6 Å². The van der Waals surface area contributed by atoms with E-state index in [-0.39, 0.29) is 17.3 Å². The summed E-state index contributed by atoms with van der Waals surface area (Å²) < 4.78 is 31.6. The third-order valence-electron chi connectivity index (χ3n) is 6.56. The lowest BCUT2D eigenvalue weighted by Gasteiger charge is -2.35. The summed E-state index contributed by atoms with van der Waals surface area (Å²) in [6, 6.07) is 6.68. The van der Waals surface area contributed by atoms with Gasteiger partial charge in [0.05, 0.1) is 22.3 Å². The fourth-order valence-corrected chi connectivity index (χ4v) is 4.78. The molecule has 10 heteroatoms. The Hall–Kier alpha value is -3.92. The average Bonchev–Trinajstić information content (AvgIpc) is 2.85. The van der Waals surface area contributed by atoms with Crippen molar-refractivity contribution in [3.63, 3.8) is 0 Å². The number of phenols is 1. The van der Waals surface area contributed by atoms with Crippen LogP contribution in [0, 0.1) is 18.6 Å². The molecule has 0 spiro atoms. The van der Waals surface area contributed by atoms with Crippen LogP contribution >= 0.6 is 0 Å². The van der Waals surface area contributed by atoms with Gasteiger partial charge in [0.15, 0.2) is 11.5 Å². The second-order valence-electron chi connectivity index (χ2n) is 8.90. The molecule has 4 heterocycles. The number of phenolic OH excluding ortho intramolecular Hbond substituents is 1. The number of hydrogen-bond donors (Lipinski definition) is 2. The number of aryl methyl sites for hydroxylation is 2. The molecule has 1 aliphatic heterocycles. The van der Waals surface area contributed by atoms with Gasteiger partial charge in [-0.15, -0.1) is 0 Å². The highest BCUT2D eigenvalue weighted by atomic mass is 19.1. The quantitative estimate of drug-likeness (QED) is 0.450. The maximum absolute atomic E-state index is 15.6. The molecule has 1 aliphatic rings. The Bertz CT molecular complexity index is 1520. The van der Waals surface area contributed by atoms with E-state index < -0.39 is 28.8 Å². The van der Waals surface area contributed by atoms with Crippen LogP contribution in [-0.2, 0) is 6.42 Å². The Labute approximate surface area is 206 Å². The number of rotatable bonds is 4. The first-order chi connectivity index (χ1) is 17.3. The Morgan fingerprint density at radius 2 is 2.00 bits per heavy atom. The lowest BCUT2D eigenvalue weighted by Crippen LogP contribution is -2.50. The van der Waals surface area contributed by atoms with Gasteiger partial charge in [-0.05, 0) is 50.1 Å². The number of anilines is 1. The van der Waals surface area contributed by atoms with Crippen LogP contribution in [0.2, 0.25) is 0 Å². The molecule has 0 amide bonds. The molecule has 1 saturated heterocycles. The van der Waals surface area contributed by atoms with E-state index in [1.165, 1.54) is 22.8 Å². The molecule has 3 aromatic heterocycles. The van der Waals surface area contributed by atoms with Gasteiger partial charge in [-0.2, -0.15) is 4.98 Å². The van der Waals surface area contributed by atoms with Crippen LogP contribution < -0.4 is 15.9 Å². The van der Waals surface area contributed by atoms with Gasteiger partial charge < -0.3 is 15.3 Å². The van der Waals surface area contributed by atoms with Crippen molar-refractivity contribution in [2.75, 3.05) is 24.5 Å². The molecule has 0 bridgehead atoms. The molecule has 2 N–H and O–H groups in total. The molecular formula is C26H26F2N6O2. The summed E-state index contributed by atoms with van der Waals surface area (Å²) in [7, 11) is 0. The molecule has 1 fully saturated rings. The summed E-state index contributed by atoms with van der Waals surface area (Å²) in [6.07, 6.45) is 2.19. The van der Waals surface area contributed by atoms with Crippen LogP contribution in [0.3, 0.4) is 0 Å².